The maximum absolute atomic E-state index is 12.2. The van der Waals surface area contributed by atoms with Gasteiger partial charge in [0.15, 0.2) is 0 Å². The van der Waals surface area contributed by atoms with Gasteiger partial charge in [0.2, 0.25) is 5.91 Å². The van der Waals surface area contributed by atoms with Crippen LogP contribution in [0.1, 0.15) is 19.8 Å². The zero-order valence-electron chi connectivity index (χ0n) is 12.9. The highest BCUT2D eigenvalue weighted by atomic mass is 19.4. The molecule has 2 atom stereocenters. The normalized spacial score (nSPS) is 28.0. The van der Waals surface area contributed by atoms with Crippen LogP contribution in [-0.4, -0.2) is 79.9 Å². The summed E-state index contributed by atoms with van der Waals surface area (Å²) in [5.41, 5.74) is 0. The van der Waals surface area contributed by atoms with Crippen LogP contribution < -0.4 is 5.32 Å². The molecule has 2 heterocycles. The second kappa shape index (κ2) is 7.61. The second-order valence-electron chi connectivity index (χ2n) is 5.87. The number of carbonyl (C=O) groups is 1. The maximum Gasteiger partial charge on any atom is 0.405 e. The van der Waals surface area contributed by atoms with Crippen LogP contribution in [0, 0.1) is 0 Å². The van der Waals surface area contributed by atoms with Crippen molar-refractivity contribution >= 4 is 5.91 Å². The Morgan fingerprint density at radius 2 is 2.14 bits per heavy atom. The Morgan fingerprint density at radius 1 is 1.36 bits per heavy atom. The summed E-state index contributed by atoms with van der Waals surface area (Å²) in [6.07, 6.45) is -2.92. The average Bonchev–Trinajstić information content (AvgIpc) is 2.92. The lowest BCUT2D eigenvalue weighted by atomic mass is 10.2. The van der Waals surface area contributed by atoms with Crippen LogP contribution >= 0.6 is 0 Å². The van der Waals surface area contributed by atoms with Gasteiger partial charge in [-0.05, 0) is 25.9 Å². The van der Waals surface area contributed by atoms with Crippen LogP contribution in [0.3, 0.4) is 0 Å². The fourth-order valence-corrected chi connectivity index (χ4v) is 3.09. The van der Waals surface area contributed by atoms with Gasteiger partial charge in [-0.2, -0.15) is 13.2 Å². The summed E-state index contributed by atoms with van der Waals surface area (Å²) >= 11 is 0. The van der Waals surface area contributed by atoms with Crippen molar-refractivity contribution < 1.29 is 22.7 Å². The first-order valence-corrected chi connectivity index (χ1v) is 7.81. The molecular formula is C14H24F3N3O2. The molecule has 0 unspecified atom stereocenters. The van der Waals surface area contributed by atoms with E-state index in [0.29, 0.717) is 19.6 Å². The molecule has 0 aromatic rings. The molecule has 1 amide bonds. The Kier molecular flexibility index (Phi) is 6.05. The Balaban J connectivity index is 1.83. The van der Waals surface area contributed by atoms with E-state index in [9.17, 15) is 18.0 Å². The van der Waals surface area contributed by atoms with Crippen LogP contribution in [0.25, 0.3) is 0 Å². The summed E-state index contributed by atoms with van der Waals surface area (Å²) in [5, 5.41) is 1.99. The molecule has 128 valence electrons. The van der Waals surface area contributed by atoms with Crippen LogP contribution in [0.2, 0.25) is 0 Å². The first-order chi connectivity index (χ1) is 10.4. The number of nitrogens with zero attached hydrogens (tertiary/aromatic N) is 2. The van der Waals surface area contributed by atoms with Crippen molar-refractivity contribution in [1.82, 2.24) is 15.1 Å². The van der Waals surface area contributed by atoms with Crippen molar-refractivity contribution in [3.05, 3.63) is 0 Å². The topological polar surface area (TPSA) is 44.8 Å². The third-order valence-electron chi connectivity index (χ3n) is 4.24. The molecule has 8 heteroatoms. The molecule has 0 saturated carbocycles. The lowest BCUT2D eigenvalue weighted by molar-refractivity contribution is -0.141. The maximum atomic E-state index is 12.2. The number of ether oxygens (including phenoxy) is 1. The van der Waals surface area contributed by atoms with Gasteiger partial charge in [-0.3, -0.25) is 14.6 Å². The number of carbonyl (C=O) groups excluding carboxylic acids is 1. The molecule has 0 aromatic carbocycles. The fraction of sp³-hybridized carbons (Fsp3) is 0.929. The lowest BCUT2D eigenvalue weighted by Gasteiger charge is -2.35. The van der Waals surface area contributed by atoms with Gasteiger partial charge >= 0.3 is 6.18 Å². The highest BCUT2D eigenvalue weighted by molar-refractivity contribution is 5.82. The van der Waals surface area contributed by atoms with Crippen molar-refractivity contribution in [3.63, 3.8) is 0 Å². The van der Waals surface area contributed by atoms with Crippen molar-refractivity contribution in [1.29, 1.82) is 0 Å². The highest BCUT2D eigenvalue weighted by Gasteiger charge is 2.35. The molecule has 0 radical (unpaired) electrons. The van der Waals surface area contributed by atoms with Crippen LogP contribution in [0.5, 0.6) is 0 Å². The summed E-state index contributed by atoms with van der Waals surface area (Å²) in [6.45, 7) is 5.49. The number of hydrogen-bond acceptors (Lipinski definition) is 4. The Hall–Kier alpha value is -0.860. The number of morpholine rings is 1. The third-order valence-corrected chi connectivity index (χ3v) is 4.24. The van der Waals surface area contributed by atoms with Gasteiger partial charge in [0, 0.05) is 19.6 Å². The van der Waals surface area contributed by atoms with Gasteiger partial charge in [0.1, 0.15) is 6.54 Å². The van der Waals surface area contributed by atoms with Crippen LogP contribution in [0.4, 0.5) is 13.2 Å². The number of nitrogens with one attached hydrogen (secondary N) is 1. The van der Waals surface area contributed by atoms with E-state index < -0.39 is 24.7 Å². The molecule has 0 spiro atoms. The number of likely N-dealkylation sites (tertiary alicyclic amines) is 1. The molecule has 22 heavy (non-hydrogen) atoms. The summed E-state index contributed by atoms with van der Waals surface area (Å²) < 4.78 is 42.3. The van der Waals surface area contributed by atoms with Gasteiger partial charge in [0.25, 0.3) is 0 Å². The molecule has 1 N–H and O–H groups in total. The molecular weight excluding hydrogens is 299 g/mol. The minimum atomic E-state index is -4.37. The predicted octanol–water partition coefficient (Wildman–Crippen LogP) is 0.850. The molecule has 0 aliphatic carbocycles. The van der Waals surface area contributed by atoms with Crippen molar-refractivity contribution in [2.45, 2.75) is 38.1 Å². The zero-order chi connectivity index (χ0) is 16.2. The Bertz CT molecular complexity index is 379. The average molecular weight is 323 g/mol. The largest absolute Gasteiger partial charge is 0.405 e. The highest BCUT2D eigenvalue weighted by Crippen LogP contribution is 2.20. The van der Waals surface area contributed by atoms with Gasteiger partial charge in [0.05, 0.1) is 18.8 Å². The summed E-state index contributed by atoms with van der Waals surface area (Å²) in [5.74, 6) is -0.530. The van der Waals surface area contributed by atoms with Crippen LogP contribution in [-0.2, 0) is 9.53 Å². The molecule has 0 aromatic heterocycles. The summed E-state index contributed by atoms with van der Waals surface area (Å²) in [4.78, 5) is 16.2. The second-order valence-corrected chi connectivity index (χ2v) is 5.87. The first-order valence-electron chi connectivity index (χ1n) is 7.81. The van der Waals surface area contributed by atoms with E-state index in [1.807, 2.05) is 10.2 Å². The number of alkyl halides is 3. The monoisotopic (exact) mass is 323 g/mol. The first kappa shape index (κ1) is 17.5. The number of rotatable bonds is 5. The molecule has 0 bridgehead atoms. The SMILES string of the molecule is CCN1CCO[C@H](CN2CCC[C@@H]2C(=O)NCC(F)(F)F)C1. The molecule has 2 aliphatic rings. The molecule has 5 nitrogen and oxygen atoms in total. The number of hydrogen-bond donors (Lipinski definition) is 1. The van der Waals surface area contributed by atoms with Gasteiger partial charge in [-0.15, -0.1) is 0 Å². The zero-order valence-corrected chi connectivity index (χ0v) is 12.9. The van der Waals surface area contributed by atoms with E-state index in [-0.39, 0.29) is 6.10 Å². The third kappa shape index (κ3) is 5.10. The van der Waals surface area contributed by atoms with Crippen molar-refractivity contribution in [2.24, 2.45) is 0 Å². The Morgan fingerprint density at radius 3 is 2.82 bits per heavy atom. The minimum absolute atomic E-state index is 0.0183. The standard InChI is InChI=1S/C14H24F3N3O2/c1-2-19-6-7-22-11(8-19)9-20-5-3-4-12(20)13(21)18-10-14(15,16)17/h11-12H,2-10H2,1H3,(H,18,21)/t11-,12+/m0/s1. The molecule has 2 aliphatic heterocycles. The van der Waals surface area contributed by atoms with E-state index >= 15 is 0 Å². The predicted molar refractivity (Wildman–Crippen MR) is 75.5 cm³/mol. The summed E-state index contributed by atoms with van der Waals surface area (Å²) in [6, 6.07) is -0.469. The summed E-state index contributed by atoms with van der Waals surface area (Å²) in [7, 11) is 0. The lowest BCUT2D eigenvalue weighted by Crippen LogP contribution is -2.51. The fourth-order valence-electron chi connectivity index (χ4n) is 3.09. The van der Waals surface area contributed by atoms with E-state index in [1.165, 1.54) is 0 Å². The number of amides is 1. The van der Waals surface area contributed by atoms with E-state index in [0.717, 1.165) is 32.6 Å². The quantitative estimate of drug-likeness (QED) is 0.815. The van der Waals surface area contributed by atoms with E-state index in [4.69, 9.17) is 4.74 Å². The van der Waals surface area contributed by atoms with Crippen molar-refractivity contribution in [2.75, 3.05) is 45.9 Å². The van der Waals surface area contributed by atoms with E-state index in [1.54, 1.807) is 0 Å². The van der Waals surface area contributed by atoms with E-state index in [2.05, 4.69) is 11.8 Å². The van der Waals surface area contributed by atoms with Gasteiger partial charge in [-0.25, -0.2) is 0 Å². The number of likely N-dealkylation sites (N-methyl/N-ethyl adjacent to an activating group) is 1. The molecule has 2 saturated heterocycles. The Labute approximate surface area is 128 Å². The number of halogens is 3. The van der Waals surface area contributed by atoms with Crippen molar-refractivity contribution in [3.8, 4) is 0 Å². The minimum Gasteiger partial charge on any atom is -0.374 e. The molecule has 2 fully saturated rings. The van der Waals surface area contributed by atoms with Crippen LogP contribution in [0.15, 0.2) is 0 Å². The molecule has 2 rings (SSSR count). The van der Waals surface area contributed by atoms with Gasteiger partial charge < -0.3 is 10.1 Å². The smallest absolute Gasteiger partial charge is 0.374 e. The van der Waals surface area contributed by atoms with Gasteiger partial charge in [-0.1, -0.05) is 6.92 Å².